The summed E-state index contributed by atoms with van der Waals surface area (Å²) in [5, 5.41) is 0.431. The number of aromatic nitrogens is 2. The number of ether oxygens (including phenoxy) is 3. The number of benzene rings is 1. The summed E-state index contributed by atoms with van der Waals surface area (Å²) < 4.78 is 17.6. The number of hydrogen-bond acceptors (Lipinski definition) is 6. The summed E-state index contributed by atoms with van der Waals surface area (Å²) in [6.07, 6.45) is 1.54. The van der Waals surface area contributed by atoms with Crippen molar-refractivity contribution in [3.8, 4) is 17.2 Å². The zero-order valence-corrected chi connectivity index (χ0v) is 14.8. The van der Waals surface area contributed by atoms with Crippen molar-refractivity contribution in [1.82, 2.24) is 9.55 Å². The van der Waals surface area contributed by atoms with Gasteiger partial charge in [-0.1, -0.05) is 0 Å². The van der Waals surface area contributed by atoms with E-state index in [1.165, 1.54) is 32.5 Å². The van der Waals surface area contributed by atoms with Gasteiger partial charge in [0, 0.05) is 9.75 Å². The first kappa shape index (κ1) is 16.3. The van der Waals surface area contributed by atoms with Crippen LogP contribution in [-0.4, -0.2) is 30.9 Å². The monoisotopic (exact) mass is 346 g/mol. The second-order valence-electron chi connectivity index (χ2n) is 5.23. The van der Waals surface area contributed by atoms with Gasteiger partial charge in [-0.25, -0.2) is 4.98 Å². The molecule has 0 bridgehead atoms. The molecule has 0 radical (unpaired) electrons. The van der Waals surface area contributed by atoms with E-state index < -0.39 is 0 Å². The van der Waals surface area contributed by atoms with Crippen LogP contribution in [-0.2, 0) is 6.54 Å². The molecule has 3 aromatic rings. The predicted octanol–water partition coefficient (Wildman–Crippen LogP) is 2.84. The highest BCUT2D eigenvalue weighted by molar-refractivity contribution is 7.11. The Bertz CT molecular complexity index is 946. The van der Waals surface area contributed by atoms with Crippen LogP contribution in [0.5, 0.6) is 17.2 Å². The van der Waals surface area contributed by atoms with Gasteiger partial charge in [0.1, 0.15) is 5.52 Å². The van der Waals surface area contributed by atoms with Crippen LogP contribution in [0.2, 0.25) is 0 Å². The van der Waals surface area contributed by atoms with Crippen molar-refractivity contribution in [2.75, 3.05) is 21.3 Å². The summed E-state index contributed by atoms with van der Waals surface area (Å²) in [6, 6.07) is 5.70. The zero-order valence-electron chi connectivity index (χ0n) is 14.0. The number of aryl methyl sites for hydroxylation is 1. The molecule has 0 aliphatic carbocycles. The molecule has 6 nitrogen and oxygen atoms in total. The molecular formula is C17H18N2O4S. The second-order valence-corrected chi connectivity index (χ2v) is 6.60. The zero-order chi connectivity index (χ0) is 17.3. The molecule has 3 rings (SSSR count). The second kappa shape index (κ2) is 6.52. The summed E-state index contributed by atoms with van der Waals surface area (Å²) in [6.45, 7) is 2.52. The molecule has 126 valence electrons. The third-order valence-electron chi connectivity index (χ3n) is 3.74. The molecule has 0 saturated heterocycles. The number of thiophene rings is 1. The van der Waals surface area contributed by atoms with E-state index in [0.717, 1.165) is 4.88 Å². The molecule has 0 aliphatic rings. The fourth-order valence-corrected chi connectivity index (χ4v) is 3.51. The van der Waals surface area contributed by atoms with Crippen LogP contribution in [0.1, 0.15) is 9.75 Å². The largest absolute Gasteiger partial charge is 0.493 e. The van der Waals surface area contributed by atoms with Gasteiger partial charge in [-0.2, -0.15) is 0 Å². The van der Waals surface area contributed by atoms with Crippen LogP contribution in [0.15, 0.2) is 29.3 Å². The van der Waals surface area contributed by atoms with E-state index in [1.807, 2.05) is 19.1 Å². The van der Waals surface area contributed by atoms with E-state index in [0.29, 0.717) is 34.7 Å². The molecule has 0 N–H and O–H groups in total. The van der Waals surface area contributed by atoms with E-state index in [1.54, 1.807) is 22.0 Å². The molecule has 2 heterocycles. The maximum atomic E-state index is 12.9. The van der Waals surface area contributed by atoms with Crippen molar-refractivity contribution in [3.05, 3.63) is 44.6 Å². The molecule has 24 heavy (non-hydrogen) atoms. The highest BCUT2D eigenvalue weighted by Crippen LogP contribution is 2.41. The molecule has 0 amide bonds. The SMILES string of the molecule is COc1cc2c(=O)n(Cc3ccc(C)s3)cnc2c(OC)c1OC. The fraction of sp³-hybridized carbons (Fsp3) is 0.294. The van der Waals surface area contributed by atoms with Crippen LogP contribution < -0.4 is 19.8 Å². The van der Waals surface area contributed by atoms with E-state index >= 15 is 0 Å². The van der Waals surface area contributed by atoms with Crippen LogP contribution >= 0.6 is 11.3 Å². The Labute approximate surface area is 143 Å². The third-order valence-corrected chi connectivity index (χ3v) is 4.73. The average molecular weight is 346 g/mol. The summed E-state index contributed by atoms with van der Waals surface area (Å²) in [7, 11) is 4.55. The summed E-state index contributed by atoms with van der Waals surface area (Å²) in [5.41, 5.74) is 0.309. The Hall–Kier alpha value is -2.54. The standard InChI is InChI=1S/C17H18N2O4S/c1-10-5-6-11(24-10)8-19-9-18-14-12(17(19)20)7-13(21-2)15(22-3)16(14)23-4/h5-7,9H,8H2,1-4H3. The van der Waals surface area contributed by atoms with Crippen molar-refractivity contribution >= 4 is 22.2 Å². The molecule has 0 atom stereocenters. The van der Waals surface area contributed by atoms with Gasteiger partial charge in [0.05, 0.1) is 39.6 Å². The summed E-state index contributed by atoms with van der Waals surface area (Å²) >= 11 is 1.66. The van der Waals surface area contributed by atoms with Crippen LogP contribution in [0.4, 0.5) is 0 Å². The lowest BCUT2D eigenvalue weighted by molar-refractivity contribution is 0.326. The lowest BCUT2D eigenvalue weighted by Gasteiger charge is -2.14. The van der Waals surface area contributed by atoms with Gasteiger partial charge in [-0.15, -0.1) is 11.3 Å². The molecule has 0 unspecified atom stereocenters. The Morgan fingerprint density at radius 1 is 1.12 bits per heavy atom. The minimum absolute atomic E-state index is 0.148. The Morgan fingerprint density at radius 3 is 2.46 bits per heavy atom. The van der Waals surface area contributed by atoms with Gasteiger partial charge in [0.15, 0.2) is 11.5 Å². The van der Waals surface area contributed by atoms with E-state index in [4.69, 9.17) is 14.2 Å². The molecule has 7 heteroatoms. The number of fused-ring (bicyclic) bond motifs is 1. The first-order valence-electron chi connectivity index (χ1n) is 7.32. The highest BCUT2D eigenvalue weighted by Gasteiger charge is 2.19. The van der Waals surface area contributed by atoms with Crippen molar-refractivity contribution in [3.63, 3.8) is 0 Å². The van der Waals surface area contributed by atoms with Crippen molar-refractivity contribution in [2.24, 2.45) is 0 Å². The molecule has 0 spiro atoms. The quantitative estimate of drug-likeness (QED) is 0.711. The lowest BCUT2D eigenvalue weighted by Crippen LogP contribution is -2.21. The van der Waals surface area contributed by atoms with Crippen LogP contribution in [0.25, 0.3) is 10.9 Å². The first-order valence-corrected chi connectivity index (χ1v) is 8.14. The smallest absolute Gasteiger partial charge is 0.261 e. The maximum absolute atomic E-state index is 12.9. The van der Waals surface area contributed by atoms with Crippen molar-refractivity contribution in [2.45, 2.75) is 13.5 Å². The highest BCUT2D eigenvalue weighted by atomic mass is 32.1. The number of methoxy groups -OCH3 is 3. The van der Waals surface area contributed by atoms with Gasteiger partial charge in [-0.3, -0.25) is 9.36 Å². The molecule has 0 fully saturated rings. The minimum atomic E-state index is -0.148. The van der Waals surface area contributed by atoms with Crippen LogP contribution in [0.3, 0.4) is 0 Å². The topological polar surface area (TPSA) is 62.6 Å². The normalized spacial score (nSPS) is 10.8. The number of hydrogen-bond donors (Lipinski definition) is 0. The van der Waals surface area contributed by atoms with Gasteiger partial charge < -0.3 is 14.2 Å². The van der Waals surface area contributed by atoms with Gasteiger partial charge in [0.2, 0.25) is 5.75 Å². The maximum Gasteiger partial charge on any atom is 0.261 e. The van der Waals surface area contributed by atoms with Crippen molar-refractivity contribution in [1.29, 1.82) is 0 Å². The molecular weight excluding hydrogens is 328 g/mol. The van der Waals surface area contributed by atoms with E-state index in [2.05, 4.69) is 4.98 Å². The molecule has 1 aromatic carbocycles. The summed E-state index contributed by atoms with van der Waals surface area (Å²) in [5.74, 6) is 1.25. The predicted molar refractivity (Wildman–Crippen MR) is 93.8 cm³/mol. The number of rotatable bonds is 5. The van der Waals surface area contributed by atoms with Crippen molar-refractivity contribution < 1.29 is 14.2 Å². The fourth-order valence-electron chi connectivity index (χ4n) is 2.62. The average Bonchev–Trinajstić information content (AvgIpc) is 3.00. The van der Waals surface area contributed by atoms with Crippen LogP contribution in [0, 0.1) is 6.92 Å². The first-order chi connectivity index (χ1) is 11.6. The van der Waals surface area contributed by atoms with Gasteiger partial charge in [0.25, 0.3) is 5.56 Å². The molecule has 0 aliphatic heterocycles. The van der Waals surface area contributed by atoms with E-state index in [-0.39, 0.29) is 5.56 Å². The lowest BCUT2D eigenvalue weighted by atomic mass is 10.2. The Kier molecular flexibility index (Phi) is 4.44. The van der Waals surface area contributed by atoms with Gasteiger partial charge >= 0.3 is 0 Å². The molecule has 0 saturated carbocycles. The third kappa shape index (κ3) is 2.71. The number of nitrogens with zero attached hydrogens (tertiary/aromatic N) is 2. The minimum Gasteiger partial charge on any atom is -0.493 e. The Morgan fingerprint density at radius 2 is 1.88 bits per heavy atom. The van der Waals surface area contributed by atoms with Gasteiger partial charge in [-0.05, 0) is 25.1 Å². The Balaban J connectivity index is 2.19. The molecule has 2 aromatic heterocycles. The van der Waals surface area contributed by atoms with E-state index in [9.17, 15) is 4.79 Å². The summed E-state index contributed by atoms with van der Waals surface area (Å²) in [4.78, 5) is 19.6.